The van der Waals surface area contributed by atoms with Crippen molar-refractivity contribution in [2.45, 2.75) is 13.0 Å². The summed E-state index contributed by atoms with van der Waals surface area (Å²) in [5, 5.41) is 2.93. The van der Waals surface area contributed by atoms with E-state index in [4.69, 9.17) is 0 Å². The lowest BCUT2D eigenvalue weighted by molar-refractivity contribution is -0.141. The van der Waals surface area contributed by atoms with Crippen LogP contribution in [0.2, 0.25) is 0 Å². The van der Waals surface area contributed by atoms with Gasteiger partial charge < -0.3 is 20.0 Å². The van der Waals surface area contributed by atoms with Crippen LogP contribution < -0.4 is 16.4 Å². The molecule has 0 spiro atoms. The number of carbonyl (C=O) groups is 1. The monoisotopic (exact) mass is 263 g/mol. The van der Waals surface area contributed by atoms with Gasteiger partial charge in [-0.3, -0.25) is 9.59 Å². The third-order valence-electron chi connectivity index (χ3n) is 2.66. The molecule has 0 saturated heterocycles. The van der Waals surface area contributed by atoms with Gasteiger partial charge in [-0.15, -0.1) is 0 Å². The second-order valence-electron chi connectivity index (χ2n) is 4.06. The predicted molar refractivity (Wildman–Crippen MR) is 70.3 cm³/mol. The molecule has 1 unspecified atom stereocenters. The number of aromatic nitrogens is 2. The Bertz CT molecular complexity index is 732. The van der Waals surface area contributed by atoms with Crippen molar-refractivity contribution in [2.24, 2.45) is 0 Å². The number of carbonyl (C=O) groups excluding carboxylic acids is 1. The van der Waals surface area contributed by atoms with Gasteiger partial charge in [-0.2, -0.15) is 0 Å². The number of H-pyrrole nitrogens is 2. The maximum atomic E-state index is 11.3. The van der Waals surface area contributed by atoms with E-state index >= 15 is 0 Å². The highest BCUT2D eigenvalue weighted by molar-refractivity contribution is 5.82. The van der Waals surface area contributed by atoms with Crippen molar-refractivity contribution >= 4 is 22.7 Å². The van der Waals surface area contributed by atoms with Crippen molar-refractivity contribution in [1.82, 2.24) is 9.97 Å². The van der Waals surface area contributed by atoms with Crippen LogP contribution in [0.25, 0.3) is 11.0 Å². The second-order valence-corrected chi connectivity index (χ2v) is 4.06. The van der Waals surface area contributed by atoms with E-state index in [0.717, 1.165) is 0 Å². The van der Waals surface area contributed by atoms with Crippen molar-refractivity contribution in [2.75, 3.05) is 12.4 Å². The number of aromatic amines is 2. The molecule has 0 saturated carbocycles. The molecule has 2 rings (SSSR count). The van der Waals surface area contributed by atoms with E-state index in [1.165, 1.54) is 7.11 Å². The van der Waals surface area contributed by atoms with Crippen LogP contribution in [-0.4, -0.2) is 29.1 Å². The van der Waals surface area contributed by atoms with E-state index in [1.807, 2.05) is 0 Å². The van der Waals surface area contributed by atoms with Gasteiger partial charge in [0.1, 0.15) is 6.04 Å². The molecule has 0 amide bonds. The molecule has 1 aromatic heterocycles. The molecule has 0 bridgehead atoms. The Hall–Kier alpha value is -2.57. The fourth-order valence-electron chi connectivity index (χ4n) is 1.69. The molecular weight excluding hydrogens is 250 g/mol. The number of nitrogens with one attached hydrogen (secondary N) is 3. The summed E-state index contributed by atoms with van der Waals surface area (Å²) in [5.74, 6) is -0.393. The lowest BCUT2D eigenvalue weighted by Gasteiger charge is -2.13. The number of fused-ring (bicyclic) bond motifs is 1. The lowest BCUT2D eigenvalue weighted by Crippen LogP contribution is -2.29. The summed E-state index contributed by atoms with van der Waals surface area (Å²) in [6.45, 7) is 1.66. The summed E-state index contributed by atoms with van der Waals surface area (Å²) >= 11 is 0. The summed E-state index contributed by atoms with van der Waals surface area (Å²) < 4.78 is 4.60. The SMILES string of the molecule is COC(=O)C(C)Nc1ccc2[nH]c(=O)c(=O)[nH]c2c1. The van der Waals surface area contributed by atoms with Crippen LogP contribution in [0.4, 0.5) is 5.69 Å². The minimum absolute atomic E-state index is 0.393. The fraction of sp³-hybridized carbons (Fsp3) is 0.250. The largest absolute Gasteiger partial charge is 0.467 e. The summed E-state index contributed by atoms with van der Waals surface area (Å²) in [5.41, 5.74) is 0.211. The van der Waals surface area contributed by atoms with Crippen LogP contribution in [0.15, 0.2) is 27.8 Å². The standard InChI is InChI=1S/C12H13N3O4/c1-6(12(18)19-2)13-7-3-4-8-9(5-7)15-11(17)10(16)14-8/h3-6,13H,1-2H3,(H,14,16)(H,15,17). The van der Waals surface area contributed by atoms with E-state index < -0.39 is 23.1 Å². The van der Waals surface area contributed by atoms with Gasteiger partial charge in [0, 0.05) is 5.69 Å². The molecule has 7 nitrogen and oxygen atoms in total. The molecule has 1 aromatic carbocycles. The zero-order chi connectivity index (χ0) is 14.0. The summed E-state index contributed by atoms with van der Waals surface area (Å²) in [7, 11) is 1.31. The number of esters is 1. The first-order valence-corrected chi connectivity index (χ1v) is 5.62. The Kier molecular flexibility index (Phi) is 3.37. The predicted octanol–water partition coefficient (Wildman–Crippen LogP) is 0.190. The molecule has 0 radical (unpaired) electrons. The van der Waals surface area contributed by atoms with Gasteiger partial charge in [0.2, 0.25) is 0 Å². The van der Waals surface area contributed by atoms with Crippen molar-refractivity contribution < 1.29 is 9.53 Å². The zero-order valence-electron chi connectivity index (χ0n) is 10.4. The summed E-state index contributed by atoms with van der Waals surface area (Å²) in [4.78, 5) is 38.6. The number of ether oxygens (including phenoxy) is 1. The number of methoxy groups -OCH3 is 1. The summed E-state index contributed by atoms with van der Waals surface area (Å²) in [6, 6.07) is 4.44. The topological polar surface area (TPSA) is 104 Å². The number of rotatable bonds is 3. The molecule has 7 heteroatoms. The van der Waals surface area contributed by atoms with Crippen molar-refractivity contribution in [3.8, 4) is 0 Å². The van der Waals surface area contributed by atoms with Crippen LogP contribution in [0, 0.1) is 0 Å². The van der Waals surface area contributed by atoms with Gasteiger partial charge in [-0.05, 0) is 25.1 Å². The zero-order valence-corrected chi connectivity index (χ0v) is 10.4. The molecule has 0 fully saturated rings. The quantitative estimate of drug-likeness (QED) is 0.541. The average Bonchev–Trinajstić information content (AvgIpc) is 2.39. The maximum absolute atomic E-state index is 11.3. The minimum atomic E-state index is -0.717. The fourth-order valence-corrected chi connectivity index (χ4v) is 1.69. The molecule has 100 valence electrons. The minimum Gasteiger partial charge on any atom is -0.467 e. The highest BCUT2D eigenvalue weighted by Crippen LogP contribution is 2.14. The second kappa shape index (κ2) is 4.97. The van der Waals surface area contributed by atoms with E-state index in [0.29, 0.717) is 16.7 Å². The van der Waals surface area contributed by atoms with E-state index in [1.54, 1.807) is 25.1 Å². The van der Waals surface area contributed by atoms with Gasteiger partial charge in [-0.25, -0.2) is 4.79 Å². The van der Waals surface area contributed by atoms with Gasteiger partial charge in [0.25, 0.3) is 0 Å². The lowest BCUT2D eigenvalue weighted by atomic mass is 10.2. The van der Waals surface area contributed by atoms with Crippen molar-refractivity contribution in [3.05, 3.63) is 38.9 Å². The first kappa shape index (κ1) is 12.9. The Balaban J connectivity index is 2.36. The smallest absolute Gasteiger partial charge is 0.327 e. The third-order valence-corrected chi connectivity index (χ3v) is 2.66. The van der Waals surface area contributed by atoms with Crippen molar-refractivity contribution in [3.63, 3.8) is 0 Å². The number of anilines is 1. The molecule has 19 heavy (non-hydrogen) atoms. The molecule has 1 atom stereocenters. The Morgan fingerprint density at radius 1 is 1.21 bits per heavy atom. The van der Waals surface area contributed by atoms with Gasteiger partial charge in [0.05, 0.1) is 18.1 Å². The average molecular weight is 263 g/mol. The van der Waals surface area contributed by atoms with Crippen LogP contribution in [0.5, 0.6) is 0 Å². The maximum Gasteiger partial charge on any atom is 0.327 e. The molecule has 2 aromatic rings. The number of hydrogen-bond acceptors (Lipinski definition) is 5. The number of benzene rings is 1. The van der Waals surface area contributed by atoms with Gasteiger partial charge >= 0.3 is 17.1 Å². The van der Waals surface area contributed by atoms with E-state index in [2.05, 4.69) is 20.0 Å². The Morgan fingerprint density at radius 2 is 1.84 bits per heavy atom. The van der Waals surface area contributed by atoms with Crippen LogP contribution in [0.1, 0.15) is 6.92 Å². The highest BCUT2D eigenvalue weighted by Gasteiger charge is 2.12. The third kappa shape index (κ3) is 2.65. The van der Waals surface area contributed by atoms with Crippen LogP contribution in [0.3, 0.4) is 0 Å². The van der Waals surface area contributed by atoms with Crippen LogP contribution >= 0.6 is 0 Å². The molecule has 0 aliphatic heterocycles. The molecule has 1 heterocycles. The number of hydrogen-bond donors (Lipinski definition) is 3. The first-order valence-electron chi connectivity index (χ1n) is 5.62. The van der Waals surface area contributed by atoms with Gasteiger partial charge in [-0.1, -0.05) is 0 Å². The van der Waals surface area contributed by atoms with Crippen molar-refractivity contribution in [1.29, 1.82) is 0 Å². The molecule has 0 aliphatic rings. The molecule has 3 N–H and O–H groups in total. The summed E-state index contributed by atoms with van der Waals surface area (Å²) in [6.07, 6.45) is 0. The van der Waals surface area contributed by atoms with Gasteiger partial charge in [0.15, 0.2) is 0 Å². The van der Waals surface area contributed by atoms with E-state index in [-0.39, 0.29) is 0 Å². The Morgan fingerprint density at radius 3 is 2.47 bits per heavy atom. The highest BCUT2D eigenvalue weighted by atomic mass is 16.5. The van der Waals surface area contributed by atoms with E-state index in [9.17, 15) is 14.4 Å². The Labute approximate surface area is 107 Å². The van der Waals surface area contributed by atoms with Crippen LogP contribution in [-0.2, 0) is 9.53 Å². The first-order chi connectivity index (χ1) is 9.01. The normalized spacial score (nSPS) is 12.1. The molecule has 0 aliphatic carbocycles. The molecular formula is C12H13N3O4.